The number of hydrogen-bond donors (Lipinski definition) is 2. The predicted octanol–water partition coefficient (Wildman–Crippen LogP) is 2.75. The van der Waals surface area contributed by atoms with Crippen LogP contribution in [0, 0.1) is 6.92 Å². The molecule has 2 N–H and O–H groups in total. The number of anilines is 1. The van der Waals surface area contributed by atoms with Gasteiger partial charge in [-0.2, -0.15) is 0 Å². The number of fused-ring (bicyclic) bond motifs is 1. The zero-order valence-electron chi connectivity index (χ0n) is 9.20. The average Bonchev–Trinajstić information content (AvgIpc) is 2.57. The van der Waals surface area contributed by atoms with Gasteiger partial charge in [0.25, 0.3) is 0 Å². The van der Waals surface area contributed by atoms with Crippen LogP contribution in [0.4, 0.5) is 10.5 Å². The fraction of sp³-hybridized carbons (Fsp3) is 0.273. The molecule has 2 amide bonds. The SMILES string of the molecule is CCNC(=O)Nc1ccc2nc(C)sc2c1. The molecule has 2 rings (SSSR count). The number of rotatable bonds is 2. The van der Waals surface area contributed by atoms with Crippen molar-refractivity contribution in [2.75, 3.05) is 11.9 Å². The fourth-order valence-electron chi connectivity index (χ4n) is 1.45. The summed E-state index contributed by atoms with van der Waals surface area (Å²) in [5.41, 5.74) is 1.77. The van der Waals surface area contributed by atoms with Crippen LogP contribution < -0.4 is 10.6 Å². The Morgan fingerprint density at radius 3 is 3.06 bits per heavy atom. The highest BCUT2D eigenvalue weighted by Gasteiger charge is 2.03. The van der Waals surface area contributed by atoms with Crippen LogP contribution in [0.3, 0.4) is 0 Å². The van der Waals surface area contributed by atoms with Crippen LogP contribution in [-0.2, 0) is 0 Å². The molecule has 0 aliphatic heterocycles. The molecular weight excluding hydrogens is 222 g/mol. The van der Waals surface area contributed by atoms with Crippen LogP contribution in [0.25, 0.3) is 10.2 Å². The van der Waals surface area contributed by atoms with E-state index < -0.39 is 0 Å². The van der Waals surface area contributed by atoms with Crippen LogP contribution in [-0.4, -0.2) is 17.6 Å². The van der Waals surface area contributed by atoms with E-state index in [1.807, 2.05) is 32.0 Å². The number of thiazole rings is 1. The molecule has 0 unspecified atom stereocenters. The zero-order chi connectivity index (χ0) is 11.5. The van der Waals surface area contributed by atoms with Gasteiger partial charge in [0.1, 0.15) is 0 Å². The molecule has 0 saturated heterocycles. The Morgan fingerprint density at radius 1 is 1.50 bits per heavy atom. The van der Waals surface area contributed by atoms with Gasteiger partial charge in [0.2, 0.25) is 0 Å². The van der Waals surface area contributed by atoms with E-state index in [4.69, 9.17) is 0 Å². The van der Waals surface area contributed by atoms with Gasteiger partial charge in [-0.25, -0.2) is 9.78 Å². The van der Waals surface area contributed by atoms with E-state index in [2.05, 4.69) is 15.6 Å². The number of nitrogens with zero attached hydrogens (tertiary/aromatic N) is 1. The number of carbonyl (C=O) groups is 1. The Balaban J connectivity index is 2.22. The molecule has 0 aliphatic rings. The molecule has 0 bridgehead atoms. The normalized spacial score (nSPS) is 10.4. The number of hydrogen-bond acceptors (Lipinski definition) is 3. The maximum atomic E-state index is 11.3. The van der Waals surface area contributed by atoms with Crippen LogP contribution in [0.2, 0.25) is 0 Å². The summed E-state index contributed by atoms with van der Waals surface area (Å²) in [6.45, 7) is 4.48. The second-order valence-corrected chi connectivity index (χ2v) is 4.63. The number of urea groups is 1. The second-order valence-electron chi connectivity index (χ2n) is 3.40. The van der Waals surface area contributed by atoms with Crippen molar-refractivity contribution < 1.29 is 4.79 Å². The molecule has 1 aromatic carbocycles. The van der Waals surface area contributed by atoms with Crippen LogP contribution in [0.5, 0.6) is 0 Å². The molecule has 16 heavy (non-hydrogen) atoms. The minimum Gasteiger partial charge on any atom is -0.338 e. The molecule has 0 saturated carbocycles. The number of benzene rings is 1. The predicted molar refractivity (Wildman–Crippen MR) is 67.1 cm³/mol. The van der Waals surface area contributed by atoms with Gasteiger partial charge in [-0.1, -0.05) is 0 Å². The molecule has 0 aliphatic carbocycles. The molecule has 4 nitrogen and oxygen atoms in total. The Bertz CT molecular complexity index is 521. The van der Waals surface area contributed by atoms with Crippen molar-refractivity contribution in [1.29, 1.82) is 0 Å². The summed E-state index contributed by atoms with van der Waals surface area (Å²) < 4.78 is 1.09. The van der Waals surface area contributed by atoms with Crippen molar-refractivity contribution in [2.45, 2.75) is 13.8 Å². The highest BCUT2D eigenvalue weighted by atomic mass is 32.1. The van der Waals surface area contributed by atoms with Gasteiger partial charge >= 0.3 is 6.03 Å². The highest BCUT2D eigenvalue weighted by Crippen LogP contribution is 2.24. The maximum Gasteiger partial charge on any atom is 0.319 e. The van der Waals surface area contributed by atoms with E-state index in [1.54, 1.807) is 11.3 Å². The quantitative estimate of drug-likeness (QED) is 0.841. The smallest absolute Gasteiger partial charge is 0.319 e. The first-order chi connectivity index (χ1) is 7.69. The monoisotopic (exact) mass is 235 g/mol. The average molecular weight is 235 g/mol. The third-order valence-electron chi connectivity index (χ3n) is 2.09. The fourth-order valence-corrected chi connectivity index (χ4v) is 2.32. The van der Waals surface area contributed by atoms with Crippen LogP contribution in [0.1, 0.15) is 11.9 Å². The molecule has 1 heterocycles. The van der Waals surface area contributed by atoms with Gasteiger partial charge in [0, 0.05) is 12.2 Å². The summed E-state index contributed by atoms with van der Waals surface area (Å²) in [7, 11) is 0. The number of nitrogens with one attached hydrogen (secondary N) is 2. The van der Waals surface area contributed by atoms with Crippen molar-refractivity contribution in [3.05, 3.63) is 23.2 Å². The Hall–Kier alpha value is -1.62. The number of aryl methyl sites for hydroxylation is 1. The summed E-state index contributed by atoms with van der Waals surface area (Å²) in [5, 5.41) is 6.49. The zero-order valence-corrected chi connectivity index (χ0v) is 10.0. The summed E-state index contributed by atoms with van der Waals surface area (Å²) >= 11 is 1.62. The van der Waals surface area contributed by atoms with Crippen molar-refractivity contribution >= 4 is 33.3 Å². The van der Waals surface area contributed by atoms with Crippen molar-refractivity contribution in [1.82, 2.24) is 10.3 Å². The van der Waals surface area contributed by atoms with Crippen molar-refractivity contribution in [2.24, 2.45) is 0 Å². The largest absolute Gasteiger partial charge is 0.338 e. The molecule has 5 heteroatoms. The standard InChI is InChI=1S/C11H13N3OS/c1-3-12-11(15)14-8-4-5-9-10(6-8)16-7(2)13-9/h4-6H,3H2,1-2H3,(H2,12,14,15). The van der Waals surface area contributed by atoms with Gasteiger partial charge < -0.3 is 10.6 Å². The maximum absolute atomic E-state index is 11.3. The molecule has 1 aromatic heterocycles. The number of amides is 2. The van der Waals surface area contributed by atoms with E-state index in [0.29, 0.717) is 6.54 Å². The minimum absolute atomic E-state index is 0.178. The first kappa shape index (κ1) is 10.9. The summed E-state index contributed by atoms with van der Waals surface area (Å²) in [5.74, 6) is 0. The van der Waals surface area contributed by atoms with Crippen LogP contribution in [0.15, 0.2) is 18.2 Å². The van der Waals surface area contributed by atoms with Crippen LogP contribution >= 0.6 is 11.3 Å². The van der Waals surface area contributed by atoms with E-state index in [0.717, 1.165) is 20.9 Å². The van der Waals surface area contributed by atoms with E-state index >= 15 is 0 Å². The lowest BCUT2D eigenvalue weighted by Crippen LogP contribution is -2.28. The van der Waals surface area contributed by atoms with E-state index in [1.165, 1.54) is 0 Å². The highest BCUT2D eigenvalue weighted by molar-refractivity contribution is 7.18. The third-order valence-corrected chi connectivity index (χ3v) is 3.02. The van der Waals surface area contributed by atoms with Gasteiger partial charge in [0.05, 0.1) is 15.2 Å². The summed E-state index contributed by atoms with van der Waals surface area (Å²) in [4.78, 5) is 15.7. The third kappa shape index (κ3) is 2.30. The topological polar surface area (TPSA) is 54.0 Å². The molecule has 0 radical (unpaired) electrons. The molecule has 84 valence electrons. The van der Waals surface area contributed by atoms with Gasteiger partial charge in [0.15, 0.2) is 0 Å². The summed E-state index contributed by atoms with van der Waals surface area (Å²) in [6, 6.07) is 5.54. The lowest BCUT2D eigenvalue weighted by atomic mass is 10.3. The molecule has 0 spiro atoms. The lowest BCUT2D eigenvalue weighted by molar-refractivity contribution is 0.252. The van der Waals surface area contributed by atoms with Crippen molar-refractivity contribution in [3.8, 4) is 0 Å². The Kier molecular flexibility index (Phi) is 3.05. The first-order valence-corrected chi connectivity index (χ1v) is 5.92. The molecule has 0 fully saturated rings. The van der Waals surface area contributed by atoms with Gasteiger partial charge in [-0.3, -0.25) is 0 Å². The second kappa shape index (κ2) is 4.49. The van der Waals surface area contributed by atoms with Gasteiger partial charge in [-0.05, 0) is 32.0 Å². The Labute approximate surface area is 97.7 Å². The van der Waals surface area contributed by atoms with E-state index in [-0.39, 0.29) is 6.03 Å². The molecule has 0 atom stereocenters. The molecule has 2 aromatic rings. The summed E-state index contributed by atoms with van der Waals surface area (Å²) in [6.07, 6.45) is 0. The Morgan fingerprint density at radius 2 is 2.31 bits per heavy atom. The van der Waals surface area contributed by atoms with Crippen molar-refractivity contribution in [3.63, 3.8) is 0 Å². The van der Waals surface area contributed by atoms with Gasteiger partial charge in [-0.15, -0.1) is 11.3 Å². The minimum atomic E-state index is -0.178. The number of carbonyl (C=O) groups excluding carboxylic acids is 1. The molecular formula is C11H13N3OS. The van der Waals surface area contributed by atoms with E-state index in [9.17, 15) is 4.79 Å². The first-order valence-electron chi connectivity index (χ1n) is 5.11. The number of aromatic nitrogens is 1. The lowest BCUT2D eigenvalue weighted by Gasteiger charge is -2.04.